The number of rotatable bonds is 25. The Hall–Kier alpha value is -0.170. The monoisotopic (exact) mass is 505 g/mol. The zero-order chi connectivity index (χ0) is 25.8. The third-order valence-electron chi connectivity index (χ3n) is 7.51. The predicted molar refractivity (Wildman–Crippen MR) is 147 cm³/mol. The highest BCUT2D eigenvalue weighted by Gasteiger charge is 2.26. The van der Waals surface area contributed by atoms with Gasteiger partial charge in [-0.1, -0.05) is 90.9 Å². The van der Waals surface area contributed by atoms with Crippen LogP contribution in [0, 0.1) is 0 Å². The van der Waals surface area contributed by atoms with E-state index in [9.17, 15) is 13.0 Å². The molecule has 0 aliphatic rings. The van der Waals surface area contributed by atoms with Gasteiger partial charge in [0.05, 0.1) is 50.9 Å². The molecule has 34 heavy (non-hydrogen) atoms. The third-order valence-corrected chi connectivity index (χ3v) is 8.29. The number of nitrogens with zero attached hydrogens (tertiary/aromatic N) is 2. The molecule has 0 fully saturated rings. The van der Waals surface area contributed by atoms with Crippen LogP contribution in [0.1, 0.15) is 123 Å². The maximum Gasteiger partial charge on any atom is 0.128 e. The van der Waals surface area contributed by atoms with Gasteiger partial charge in [0.2, 0.25) is 0 Å². The molecule has 0 aliphatic carbocycles. The Labute approximate surface area is 214 Å². The van der Waals surface area contributed by atoms with Crippen LogP contribution in [0.5, 0.6) is 0 Å². The van der Waals surface area contributed by atoms with Gasteiger partial charge < -0.3 is 13.5 Å². The predicted octanol–water partition coefficient (Wildman–Crippen LogP) is 6.73. The van der Waals surface area contributed by atoms with Crippen LogP contribution in [0.15, 0.2) is 0 Å². The number of quaternary nitrogens is 2. The highest BCUT2D eigenvalue weighted by Crippen LogP contribution is 2.15. The molecule has 0 heterocycles. The maximum absolute atomic E-state index is 11.1. The van der Waals surface area contributed by atoms with Crippen LogP contribution in [0.4, 0.5) is 0 Å². The van der Waals surface area contributed by atoms with Crippen LogP contribution in [0.2, 0.25) is 0 Å². The molecule has 0 aromatic rings. The first-order chi connectivity index (χ1) is 16.0. The molecule has 0 N–H and O–H groups in total. The van der Waals surface area contributed by atoms with Crippen molar-refractivity contribution in [3.63, 3.8) is 0 Å². The van der Waals surface area contributed by atoms with Gasteiger partial charge in [-0.2, -0.15) is 0 Å². The van der Waals surface area contributed by atoms with Crippen molar-refractivity contribution in [2.75, 3.05) is 59.6 Å². The van der Waals surface area contributed by atoms with E-state index in [1.807, 2.05) is 0 Å². The van der Waals surface area contributed by atoms with Crippen molar-refractivity contribution in [3.8, 4) is 0 Å². The van der Waals surface area contributed by atoms with E-state index in [-0.39, 0.29) is 5.75 Å². The minimum Gasteiger partial charge on any atom is -0.748 e. The summed E-state index contributed by atoms with van der Waals surface area (Å²) < 4.78 is 35.3. The Morgan fingerprint density at radius 1 is 0.500 bits per heavy atom. The van der Waals surface area contributed by atoms with E-state index in [1.54, 1.807) is 0 Å². The van der Waals surface area contributed by atoms with Gasteiger partial charge in [-0.25, -0.2) is 8.42 Å². The first kappa shape index (κ1) is 33.8. The fourth-order valence-corrected chi connectivity index (χ4v) is 5.37. The largest absolute Gasteiger partial charge is 0.748 e. The first-order valence-electron chi connectivity index (χ1n) is 14.6. The van der Waals surface area contributed by atoms with Crippen LogP contribution in [0.25, 0.3) is 0 Å². The van der Waals surface area contributed by atoms with Crippen LogP contribution in [-0.4, -0.2) is 81.6 Å². The summed E-state index contributed by atoms with van der Waals surface area (Å²) in [6.07, 6.45) is 21.8. The van der Waals surface area contributed by atoms with Crippen molar-refractivity contribution in [3.05, 3.63) is 0 Å². The van der Waals surface area contributed by atoms with Gasteiger partial charge >= 0.3 is 0 Å². The summed E-state index contributed by atoms with van der Waals surface area (Å²) >= 11 is 0. The lowest BCUT2D eigenvalue weighted by Crippen LogP contribution is -2.54. The Balaban J connectivity index is 4.40. The average molecular weight is 506 g/mol. The molecule has 206 valence electrons. The highest BCUT2D eigenvalue weighted by molar-refractivity contribution is 7.85. The molecule has 1 unspecified atom stereocenters. The highest BCUT2D eigenvalue weighted by atomic mass is 32.2. The fraction of sp³-hybridized carbons (Fsp3) is 1.00. The zero-order valence-corrected chi connectivity index (χ0v) is 24.6. The van der Waals surface area contributed by atoms with Crippen LogP contribution >= 0.6 is 0 Å². The van der Waals surface area contributed by atoms with E-state index in [0.717, 1.165) is 35.1 Å². The average Bonchev–Trinajstić information content (AvgIpc) is 2.75. The van der Waals surface area contributed by atoms with Gasteiger partial charge in [0.25, 0.3) is 0 Å². The van der Waals surface area contributed by atoms with E-state index < -0.39 is 10.1 Å². The van der Waals surface area contributed by atoms with E-state index in [2.05, 4.69) is 35.0 Å². The standard InChI is InChI=1S/C28H61N2O3S/c1-6-8-10-12-14-16-18-20-23-29(3,4)26-27-30(5,25-22-28-34(31,32)33)24-21-19-17-15-13-11-9-7-2/h6-28H2,1-5H3/q+1. The number of hydrogen-bond acceptors (Lipinski definition) is 3. The molecule has 0 bridgehead atoms. The topological polar surface area (TPSA) is 57.2 Å². The quantitative estimate of drug-likeness (QED) is 0.0785. The molecule has 6 heteroatoms. The molecule has 0 radical (unpaired) electrons. The summed E-state index contributed by atoms with van der Waals surface area (Å²) in [5.74, 6) is -0.227. The van der Waals surface area contributed by atoms with Crippen molar-refractivity contribution >= 4 is 10.1 Å². The normalized spacial score (nSPS) is 14.4. The van der Waals surface area contributed by atoms with E-state index >= 15 is 0 Å². The molecule has 0 saturated heterocycles. The molecule has 0 aromatic carbocycles. The second kappa shape index (κ2) is 20.0. The van der Waals surface area contributed by atoms with Crippen LogP contribution in [-0.2, 0) is 10.1 Å². The van der Waals surface area contributed by atoms with Crippen molar-refractivity contribution in [2.24, 2.45) is 0 Å². The van der Waals surface area contributed by atoms with Crippen LogP contribution < -0.4 is 0 Å². The minimum absolute atomic E-state index is 0.227. The zero-order valence-electron chi connectivity index (χ0n) is 23.8. The first-order valence-corrected chi connectivity index (χ1v) is 16.2. The third kappa shape index (κ3) is 22.3. The lowest BCUT2D eigenvalue weighted by molar-refractivity contribution is -0.955. The van der Waals surface area contributed by atoms with E-state index in [0.29, 0.717) is 6.42 Å². The van der Waals surface area contributed by atoms with Gasteiger partial charge in [0, 0.05) is 12.2 Å². The lowest BCUT2D eigenvalue weighted by atomic mass is 10.1. The summed E-state index contributed by atoms with van der Waals surface area (Å²) in [4.78, 5) is 0. The molecule has 0 aliphatic heterocycles. The Bertz CT molecular complexity index is 566. The van der Waals surface area contributed by atoms with Crippen molar-refractivity contribution in [1.82, 2.24) is 0 Å². The molecule has 5 nitrogen and oxygen atoms in total. The van der Waals surface area contributed by atoms with Gasteiger partial charge in [0.1, 0.15) is 13.1 Å². The second-order valence-electron chi connectivity index (χ2n) is 11.7. The molecule has 0 saturated carbocycles. The fourth-order valence-electron chi connectivity index (χ4n) is 4.88. The lowest BCUT2D eigenvalue weighted by Gasteiger charge is -2.38. The van der Waals surface area contributed by atoms with Crippen LogP contribution in [0.3, 0.4) is 0 Å². The molecular weight excluding hydrogens is 444 g/mol. The van der Waals surface area contributed by atoms with Gasteiger partial charge in [0.15, 0.2) is 0 Å². The molecular formula is C28H61N2O3S+. The number of hydrogen-bond donors (Lipinski definition) is 0. The Kier molecular flexibility index (Phi) is 19.9. The minimum atomic E-state index is -4.12. The summed E-state index contributed by atoms with van der Waals surface area (Å²) in [6, 6.07) is 0. The smallest absolute Gasteiger partial charge is 0.128 e. The maximum atomic E-state index is 11.1. The Morgan fingerprint density at radius 3 is 1.32 bits per heavy atom. The molecule has 0 amide bonds. The molecule has 0 rings (SSSR count). The number of unbranched alkanes of at least 4 members (excludes halogenated alkanes) is 14. The van der Waals surface area contributed by atoms with Crippen molar-refractivity contribution < 1.29 is 21.9 Å². The van der Waals surface area contributed by atoms with Gasteiger partial charge in [-0.3, -0.25) is 0 Å². The molecule has 0 spiro atoms. The summed E-state index contributed by atoms with van der Waals surface area (Å²) in [6.45, 7) is 9.77. The van der Waals surface area contributed by atoms with Crippen molar-refractivity contribution in [2.45, 2.75) is 123 Å². The number of likely N-dealkylation sites (N-methyl/N-ethyl adjacent to an activating group) is 2. The molecule has 0 aromatic heterocycles. The SMILES string of the molecule is CCCCCCCCCC[N+](C)(C)CC[N+](C)(CCCCCCCCCC)CCCS(=O)(=O)[O-]. The van der Waals surface area contributed by atoms with E-state index in [4.69, 9.17) is 0 Å². The molecule has 1 atom stereocenters. The van der Waals surface area contributed by atoms with Gasteiger partial charge in [-0.15, -0.1) is 0 Å². The summed E-state index contributed by atoms with van der Waals surface area (Å²) in [5, 5.41) is 0. The van der Waals surface area contributed by atoms with Gasteiger partial charge in [-0.05, 0) is 25.7 Å². The Morgan fingerprint density at radius 2 is 0.882 bits per heavy atom. The van der Waals surface area contributed by atoms with E-state index in [1.165, 1.54) is 109 Å². The van der Waals surface area contributed by atoms with Crippen molar-refractivity contribution in [1.29, 1.82) is 0 Å². The second-order valence-corrected chi connectivity index (χ2v) is 13.3. The summed E-state index contributed by atoms with van der Waals surface area (Å²) in [7, 11) is 2.83. The summed E-state index contributed by atoms with van der Waals surface area (Å²) in [5.41, 5.74) is 0.